The summed E-state index contributed by atoms with van der Waals surface area (Å²) in [5, 5.41) is 0.578. The molecule has 0 fully saturated rings. The Morgan fingerprint density at radius 2 is 2.00 bits per heavy atom. The van der Waals surface area contributed by atoms with Crippen molar-refractivity contribution >= 4 is 29.6 Å². The topological polar surface area (TPSA) is 46.6 Å². The summed E-state index contributed by atoms with van der Waals surface area (Å²) in [4.78, 5) is 25.1. The zero-order valence-electron chi connectivity index (χ0n) is 12.3. The van der Waals surface area contributed by atoms with Crippen molar-refractivity contribution in [2.75, 3.05) is 19.7 Å². The van der Waals surface area contributed by atoms with Crippen LogP contribution in [0.3, 0.4) is 0 Å². The molecular weight excluding hydrogens is 290 g/mol. The van der Waals surface area contributed by atoms with Gasteiger partial charge in [0.25, 0.3) is 0 Å². The van der Waals surface area contributed by atoms with Gasteiger partial charge in [0.15, 0.2) is 0 Å². The summed E-state index contributed by atoms with van der Waals surface area (Å²) in [5.74, 6) is -0.629. The molecule has 0 aliphatic carbocycles. The number of carbonyl (C=O) groups is 2. The largest absolute Gasteiger partial charge is 0.465 e. The lowest BCUT2D eigenvalue weighted by Crippen LogP contribution is -2.36. The van der Waals surface area contributed by atoms with Gasteiger partial charge in [0.1, 0.15) is 6.54 Å². The Bertz CT molecular complexity index is 514. The molecule has 1 amide bonds. The minimum absolute atomic E-state index is 0.0344. The summed E-state index contributed by atoms with van der Waals surface area (Å²) in [6.07, 6.45) is 3.85. The second-order valence-electron chi connectivity index (χ2n) is 4.42. The molecule has 0 radical (unpaired) electrons. The quantitative estimate of drug-likeness (QED) is 0.574. The van der Waals surface area contributed by atoms with Gasteiger partial charge in [-0.3, -0.25) is 9.59 Å². The lowest BCUT2D eigenvalue weighted by Gasteiger charge is -2.19. The van der Waals surface area contributed by atoms with Gasteiger partial charge in [-0.25, -0.2) is 0 Å². The zero-order chi connectivity index (χ0) is 15.7. The second kappa shape index (κ2) is 9.19. The lowest BCUT2D eigenvalue weighted by molar-refractivity contribution is -0.147. The Morgan fingerprint density at radius 3 is 2.62 bits per heavy atom. The molecule has 0 unspecified atom stereocenters. The SMILES string of the molecule is CCCN(CC(=O)OCC)C(=O)/C=C/c1ccccc1Cl. The first-order chi connectivity index (χ1) is 10.1. The average molecular weight is 310 g/mol. The Balaban J connectivity index is 2.72. The normalized spacial score (nSPS) is 10.6. The molecule has 0 aromatic heterocycles. The summed E-state index contributed by atoms with van der Waals surface area (Å²) in [5.41, 5.74) is 0.764. The van der Waals surface area contributed by atoms with Crippen LogP contribution in [0.1, 0.15) is 25.8 Å². The highest BCUT2D eigenvalue weighted by molar-refractivity contribution is 6.32. The van der Waals surface area contributed by atoms with Crippen LogP contribution in [0.5, 0.6) is 0 Å². The molecule has 1 rings (SSSR count). The van der Waals surface area contributed by atoms with Gasteiger partial charge < -0.3 is 9.64 Å². The van der Waals surface area contributed by atoms with E-state index in [1.54, 1.807) is 19.1 Å². The summed E-state index contributed by atoms with van der Waals surface area (Å²) >= 11 is 6.02. The van der Waals surface area contributed by atoms with Crippen LogP contribution in [0, 0.1) is 0 Å². The maximum atomic E-state index is 12.1. The molecule has 114 valence electrons. The Kier molecular flexibility index (Phi) is 7.54. The van der Waals surface area contributed by atoms with E-state index in [0.717, 1.165) is 12.0 Å². The molecule has 21 heavy (non-hydrogen) atoms. The molecule has 5 heteroatoms. The molecule has 0 N–H and O–H groups in total. The summed E-state index contributed by atoms with van der Waals surface area (Å²) in [6, 6.07) is 7.25. The van der Waals surface area contributed by atoms with Crippen LogP contribution in [0.15, 0.2) is 30.3 Å². The van der Waals surface area contributed by atoms with Gasteiger partial charge in [0.05, 0.1) is 6.61 Å². The van der Waals surface area contributed by atoms with E-state index in [1.807, 2.05) is 25.1 Å². The summed E-state index contributed by atoms with van der Waals surface area (Å²) in [7, 11) is 0. The van der Waals surface area contributed by atoms with Gasteiger partial charge in [-0.05, 0) is 31.1 Å². The van der Waals surface area contributed by atoms with E-state index >= 15 is 0 Å². The predicted molar refractivity (Wildman–Crippen MR) is 84.0 cm³/mol. The number of ether oxygens (including phenoxy) is 1. The fraction of sp³-hybridized carbons (Fsp3) is 0.375. The zero-order valence-corrected chi connectivity index (χ0v) is 13.1. The minimum Gasteiger partial charge on any atom is -0.465 e. The van der Waals surface area contributed by atoms with E-state index in [0.29, 0.717) is 18.2 Å². The number of amides is 1. The number of halogens is 1. The van der Waals surface area contributed by atoms with Gasteiger partial charge in [0, 0.05) is 17.6 Å². The average Bonchev–Trinajstić information content (AvgIpc) is 2.46. The van der Waals surface area contributed by atoms with Crippen LogP contribution in [0.25, 0.3) is 6.08 Å². The van der Waals surface area contributed by atoms with E-state index in [4.69, 9.17) is 16.3 Å². The van der Waals surface area contributed by atoms with Gasteiger partial charge in [-0.2, -0.15) is 0 Å². The molecule has 0 atom stereocenters. The van der Waals surface area contributed by atoms with Crippen LogP contribution in [0.4, 0.5) is 0 Å². The van der Waals surface area contributed by atoms with E-state index in [1.165, 1.54) is 11.0 Å². The third kappa shape index (κ3) is 6.00. The van der Waals surface area contributed by atoms with Crippen LogP contribution in [-0.4, -0.2) is 36.5 Å². The molecule has 1 aromatic rings. The van der Waals surface area contributed by atoms with Crippen LogP contribution in [-0.2, 0) is 14.3 Å². The first kappa shape index (κ1) is 17.2. The molecule has 0 aliphatic rings. The number of nitrogens with zero attached hydrogens (tertiary/aromatic N) is 1. The van der Waals surface area contributed by atoms with Crippen molar-refractivity contribution in [3.63, 3.8) is 0 Å². The summed E-state index contributed by atoms with van der Waals surface area (Å²) < 4.78 is 4.87. The molecule has 0 bridgehead atoms. The van der Waals surface area contributed by atoms with Crippen LogP contribution >= 0.6 is 11.6 Å². The van der Waals surface area contributed by atoms with E-state index < -0.39 is 5.97 Å². The van der Waals surface area contributed by atoms with E-state index in [2.05, 4.69) is 0 Å². The highest BCUT2D eigenvalue weighted by atomic mass is 35.5. The number of esters is 1. The molecule has 4 nitrogen and oxygen atoms in total. The third-order valence-electron chi connectivity index (χ3n) is 2.74. The molecule has 0 heterocycles. The molecule has 0 saturated heterocycles. The smallest absolute Gasteiger partial charge is 0.325 e. The van der Waals surface area contributed by atoms with E-state index in [9.17, 15) is 9.59 Å². The molecule has 0 spiro atoms. The number of hydrogen-bond donors (Lipinski definition) is 0. The van der Waals surface area contributed by atoms with Crippen molar-refractivity contribution in [3.05, 3.63) is 40.9 Å². The van der Waals surface area contributed by atoms with Crippen molar-refractivity contribution in [2.45, 2.75) is 20.3 Å². The van der Waals surface area contributed by atoms with Crippen LogP contribution in [0.2, 0.25) is 5.02 Å². The van der Waals surface area contributed by atoms with Crippen molar-refractivity contribution in [3.8, 4) is 0 Å². The van der Waals surface area contributed by atoms with Crippen molar-refractivity contribution < 1.29 is 14.3 Å². The van der Waals surface area contributed by atoms with Gasteiger partial charge >= 0.3 is 5.97 Å². The predicted octanol–water partition coefficient (Wildman–Crippen LogP) is 3.15. The van der Waals surface area contributed by atoms with Crippen molar-refractivity contribution in [2.24, 2.45) is 0 Å². The maximum Gasteiger partial charge on any atom is 0.325 e. The molecule has 0 saturated carbocycles. The highest BCUT2D eigenvalue weighted by Gasteiger charge is 2.14. The highest BCUT2D eigenvalue weighted by Crippen LogP contribution is 2.16. The standard InChI is InChI=1S/C16H20ClNO3/c1-3-11-18(12-16(20)21-4-2)15(19)10-9-13-7-5-6-8-14(13)17/h5-10H,3-4,11-12H2,1-2H3/b10-9+. The fourth-order valence-corrected chi connectivity index (χ4v) is 1.98. The van der Waals surface area contributed by atoms with Crippen molar-refractivity contribution in [1.82, 2.24) is 4.90 Å². The fourth-order valence-electron chi connectivity index (χ4n) is 1.78. The van der Waals surface area contributed by atoms with Crippen molar-refractivity contribution in [1.29, 1.82) is 0 Å². The third-order valence-corrected chi connectivity index (χ3v) is 3.09. The first-order valence-electron chi connectivity index (χ1n) is 6.95. The Morgan fingerprint density at radius 1 is 1.29 bits per heavy atom. The number of carbonyl (C=O) groups excluding carboxylic acids is 2. The first-order valence-corrected chi connectivity index (χ1v) is 7.33. The molecular formula is C16H20ClNO3. The van der Waals surface area contributed by atoms with Gasteiger partial charge in [-0.15, -0.1) is 0 Å². The molecule has 0 aliphatic heterocycles. The Hall–Kier alpha value is -1.81. The van der Waals surface area contributed by atoms with Gasteiger partial charge in [-0.1, -0.05) is 36.7 Å². The summed E-state index contributed by atoms with van der Waals surface area (Å²) in [6.45, 7) is 4.46. The number of benzene rings is 1. The molecule has 1 aromatic carbocycles. The second-order valence-corrected chi connectivity index (χ2v) is 4.83. The number of hydrogen-bond acceptors (Lipinski definition) is 3. The van der Waals surface area contributed by atoms with E-state index in [-0.39, 0.29) is 12.5 Å². The monoisotopic (exact) mass is 309 g/mol. The minimum atomic E-state index is -0.398. The lowest BCUT2D eigenvalue weighted by atomic mass is 10.2. The maximum absolute atomic E-state index is 12.1. The Labute approximate surface area is 130 Å². The van der Waals surface area contributed by atoms with Gasteiger partial charge in [0.2, 0.25) is 5.91 Å². The number of rotatable bonds is 7. The van der Waals surface area contributed by atoms with Crippen LogP contribution < -0.4 is 0 Å².